The molecule has 0 aliphatic rings. The highest BCUT2D eigenvalue weighted by Gasteiger charge is 2.31. The van der Waals surface area contributed by atoms with Crippen LogP contribution in [0.4, 0.5) is 0 Å². The number of hydrogen-bond donors (Lipinski definition) is 1. The Bertz CT molecular complexity index is 300. The smallest absolute Gasteiger partial charge is 0.115 e. The summed E-state index contributed by atoms with van der Waals surface area (Å²) >= 11 is 0. The van der Waals surface area contributed by atoms with Gasteiger partial charge in [-0.15, -0.1) is 0 Å². The summed E-state index contributed by atoms with van der Waals surface area (Å²) < 4.78 is 0. The van der Waals surface area contributed by atoms with Gasteiger partial charge in [0.05, 0.1) is 0 Å². The van der Waals surface area contributed by atoms with Gasteiger partial charge in [-0.05, 0) is 48.3 Å². The highest BCUT2D eigenvalue weighted by Crippen LogP contribution is 2.44. The van der Waals surface area contributed by atoms with E-state index in [0.29, 0.717) is 17.1 Å². The predicted octanol–water partition coefficient (Wildman–Crippen LogP) is 4.71. The van der Waals surface area contributed by atoms with Crippen molar-refractivity contribution in [3.8, 4) is 5.75 Å². The largest absolute Gasteiger partial charge is 0.508 e. The number of benzene rings is 1. The van der Waals surface area contributed by atoms with Crippen LogP contribution in [0.1, 0.15) is 58.4 Å². The lowest BCUT2D eigenvalue weighted by atomic mass is 9.67. The summed E-state index contributed by atoms with van der Waals surface area (Å²) in [6, 6.07) is 7.68. The van der Waals surface area contributed by atoms with Crippen LogP contribution in [0.15, 0.2) is 24.3 Å². The maximum absolute atomic E-state index is 9.31. The van der Waals surface area contributed by atoms with Crippen molar-refractivity contribution in [1.29, 1.82) is 0 Å². The van der Waals surface area contributed by atoms with E-state index in [2.05, 4.69) is 39.8 Å². The van der Waals surface area contributed by atoms with Crippen LogP contribution >= 0.6 is 0 Å². The van der Waals surface area contributed by atoms with Crippen LogP contribution in [0.25, 0.3) is 0 Å². The second kappa shape index (κ2) is 5.38. The van der Waals surface area contributed by atoms with E-state index in [0.717, 1.165) is 0 Å². The first kappa shape index (κ1) is 13.1. The third kappa shape index (κ3) is 2.40. The Hall–Kier alpha value is -0.980. The highest BCUT2D eigenvalue weighted by atomic mass is 16.3. The van der Waals surface area contributed by atoms with Gasteiger partial charge in [-0.3, -0.25) is 0 Å². The molecule has 90 valence electrons. The molecular formula is C15H24O. The number of hydrogen-bond acceptors (Lipinski definition) is 1. The molecule has 1 rings (SSSR count). The van der Waals surface area contributed by atoms with Gasteiger partial charge >= 0.3 is 0 Å². The molecular weight excluding hydrogens is 196 g/mol. The van der Waals surface area contributed by atoms with Gasteiger partial charge < -0.3 is 5.11 Å². The van der Waals surface area contributed by atoms with Crippen LogP contribution in [0, 0.1) is 5.41 Å². The van der Waals surface area contributed by atoms with Crippen LogP contribution in [0.3, 0.4) is 0 Å². The van der Waals surface area contributed by atoms with Crippen molar-refractivity contribution >= 4 is 0 Å². The van der Waals surface area contributed by atoms with Gasteiger partial charge in [0.2, 0.25) is 0 Å². The first-order valence-electron chi connectivity index (χ1n) is 6.38. The first-order valence-corrected chi connectivity index (χ1v) is 6.38. The van der Waals surface area contributed by atoms with Gasteiger partial charge in [0, 0.05) is 0 Å². The maximum atomic E-state index is 9.31. The van der Waals surface area contributed by atoms with Crippen molar-refractivity contribution in [3.63, 3.8) is 0 Å². The highest BCUT2D eigenvalue weighted by molar-refractivity contribution is 5.29. The molecule has 1 aromatic carbocycles. The Labute approximate surface area is 99.5 Å². The molecule has 0 aromatic heterocycles. The van der Waals surface area contributed by atoms with Crippen molar-refractivity contribution < 1.29 is 5.11 Å². The minimum absolute atomic E-state index is 0.353. The number of phenolic OH excluding ortho intramolecular Hbond substituents is 1. The van der Waals surface area contributed by atoms with Crippen LogP contribution < -0.4 is 0 Å². The van der Waals surface area contributed by atoms with Gasteiger partial charge in [-0.25, -0.2) is 0 Å². The lowest BCUT2D eigenvalue weighted by Gasteiger charge is -2.37. The van der Waals surface area contributed by atoms with Crippen LogP contribution in [0.5, 0.6) is 5.75 Å². The molecule has 1 aromatic rings. The second-order valence-electron chi connectivity index (χ2n) is 4.74. The van der Waals surface area contributed by atoms with E-state index in [1.807, 2.05) is 0 Å². The summed E-state index contributed by atoms with van der Waals surface area (Å²) in [5.41, 5.74) is 1.74. The normalized spacial score (nSPS) is 13.8. The zero-order valence-electron chi connectivity index (χ0n) is 11.0. The van der Waals surface area contributed by atoms with Gasteiger partial charge in [-0.1, -0.05) is 39.8 Å². The lowest BCUT2D eigenvalue weighted by Crippen LogP contribution is -2.25. The summed E-state index contributed by atoms with van der Waals surface area (Å²) in [7, 11) is 0. The van der Waals surface area contributed by atoms with E-state index in [1.165, 1.54) is 24.8 Å². The second-order valence-corrected chi connectivity index (χ2v) is 4.74. The average molecular weight is 220 g/mol. The molecule has 1 heteroatoms. The molecule has 0 fully saturated rings. The number of rotatable bonds is 5. The standard InChI is InChI=1S/C15H24O/c1-5-15(6-2,7-3)12(4)13-8-10-14(16)11-9-13/h8-12,16H,5-7H2,1-4H3. The molecule has 0 aliphatic carbocycles. The fourth-order valence-corrected chi connectivity index (χ4v) is 2.79. The molecule has 0 saturated heterocycles. The molecule has 1 nitrogen and oxygen atoms in total. The summed E-state index contributed by atoms with van der Waals surface area (Å²) in [5.74, 6) is 0.902. The minimum Gasteiger partial charge on any atom is -0.508 e. The van der Waals surface area contributed by atoms with Crippen molar-refractivity contribution in [1.82, 2.24) is 0 Å². The predicted molar refractivity (Wildman–Crippen MR) is 69.8 cm³/mol. The van der Waals surface area contributed by atoms with E-state index < -0.39 is 0 Å². The summed E-state index contributed by atoms with van der Waals surface area (Å²) in [4.78, 5) is 0. The van der Waals surface area contributed by atoms with Gasteiger partial charge in [0.25, 0.3) is 0 Å². The molecule has 1 N–H and O–H groups in total. The third-order valence-electron chi connectivity index (χ3n) is 4.42. The summed E-state index contributed by atoms with van der Waals surface area (Å²) in [6.45, 7) is 9.15. The van der Waals surface area contributed by atoms with E-state index in [4.69, 9.17) is 0 Å². The molecule has 0 aliphatic heterocycles. The summed E-state index contributed by atoms with van der Waals surface area (Å²) in [5, 5.41) is 9.31. The Balaban J connectivity index is 2.98. The molecule has 0 radical (unpaired) electrons. The fraction of sp³-hybridized carbons (Fsp3) is 0.600. The van der Waals surface area contributed by atoms with Crippen molar-refractivity contribution in [2.75, 3.05) is 0 Å². The monoisotopic (exact) mass is 220 g/mol. The van der Waals surface area contributed by atoms with Crippen molar-refractivity contribution in [3.05, 3.63) is 29.8 Å². The molecule has 0 bridgehead atoms. The van der Waals surface area contributed by atoms with Crippen LogP contribution in [0.2, 0.25) is 0 Å². The Morgan fingerprint density at radius 1 is 1.00 bits per heavy atom. The van der Waals surface area contributed by atoms with Gasteiger partial charge in [-0.2, -0.15) is 0 Å². The van der Waals surface area contributed by atoms with E-state index in [1.54, 1.807) is 12.1 Å². The number of aromatic hydroxyl groups is 1. The van der Waals surface area contributed by atoms with Gasteiger partial charge in [0.15, 0.2) is 0 Å². The molecule has 16 heavy (non-hydrogen) atoms. The minimum atomic E-state index is 0.353. The Morgan fingerprint density at radius 3 is 1.81 bits per heavy atom. The molecule has 0 saturated carbocycles. The Kier molecular flexibility index (Phi) is 4.40. The zero-order chi connectivity index (χ0) is 12.2. The number of phenols is 1. The van der Waals surface area contributed by atoms with E-state index in [9.17, 15) is 5.11 Å². The van der Waals surface area contributed by atoms with E-state index >= 15 is 0 Å². The SMILES string of the molecule is CCC(CC)(CC)C(C)c1ccc(O)cc1. The van der Waals surface area contributed by atoms with Crippen molar-refractivity contribution in [2.24, 2.45) is 5.41 Å². The zero-order valence-corrected chi connectivity index (χ0v) is 11.0. The lowest BCUT2D eigenvalue weighted by molar-refractivity contribution is 0.202. The molecule has 0 amide bonds. The third-order valence-corrected chi connectivity index (χ3v) is 4.42. The van der Waals surface area contributed by atoms with Crippen LogP contribution in [-0.2, 0) is 0 Å². The average Bonchev–Trinajstić information content (AvgIpc) is 2.33. The van der Waals surface area contributed by atoms with Crippen LogP contribution in [-0.4, -0.2) is 5.11 Å². The first-order chi connectivity index (χ1) is 7.59. The van der Waals surface area contributed by atoms with E-state index in [-0.39, 0.29) is 0 Å². The maximum Gasteiger partial charge on any atom is 0.115 e. The van der Waals surface area contributed by atoms with Gasteiger partial charge in [0.1, 0.15) is 5.75 Å². The topological polar surface area (TPSA) is 20.2 Å². The molecule has 1 unspecified atom stereocenters. The quantitative estimate of drug-likeness (QED) is 0.761. The summed E-state index contributed by atoms with van der Waals surface area (Å²) in [6.07, 6.45) is 3.63. The fourth-order valence-electron chi connectivity index (χ4n) is 2.79. The molecule has 1 atom stereocenters. The van der Waals surface area contributed by atoms with Crippen molar-refractivity contribution in [2.45, 2.75) is 52.9 Å². The molecule has 0 heterocycles. The molecule has 0 spiro atoms. The Morgan fingerprint density at radius 2 is 1.44 bits per heavy atom.